The summed E-state index contributed by atoms with van der Waals surface area (Å²) in [7, 11) is 0. The minimum Gasteiger partial charge on any atom is -0.427 e. The maximum Gasteiger partial charge on any atom is 0.308 e. The summed E-state index contributed by atoms with van der Waals surface area (Å²) in [4.78, 5) is 11.0. The van der Waals surface area contributed by atoms with Crippen LogP contribution < -0.4 is 4.74 Å². The van der Waals surface area contributed by atoms with Crippen molar-refractivity contribution in [2.24, 2.45) is 0 Å². The van der Waals surface area contributed by atoms with Gasteiger partial charge in [-0.15, -0.1) is 6.58 Å². The average molecular weight is 231 g/mol. The number of aryl methyl sites for hydroxylation is 1. The number of ether oxygens (including phenoxy) is 1. The SMILES string of the molecule is [CH2]C(C=C)c1cc(CCC)cc(OC(C)=O)c1. The van der Waals surface area contributed by atoms with E-state index in [1.807, 2.05) is 12.1 Å². The third-order valence-electron chi connectivity index (χ3n) is 2.50. The molecule has 1 aromatic carbocycles. The first kappa shape index (κ1) is 13.5. The Kier molecular flexibility index (Phi) is 4.95. The minimum atomic E-state index is -0.302. The summed E-state index contributed by atoms with van der Waals surface area (Å²) >= 11 is 0. The van der Waals surface area contributed by atoms with Gasteiger partial charge in [0, 0.05) is 12.8 Å². The summed E-state index contributed by atoms with van der Waals surface area (Å²) in [6.45, 7) is 11.2. The van der Waals surface area contributed by atoms with Crippen LogP contribution in [0.3, 0.4) is 0 Å². The van der Waals surface area contributed by atoms with Crippen LogP contribution in [0.2, 0.25) is 0 Å². The molecule has 0 aliphatic carbocycles. The van der Waals surface area contributed by atoms with Gasteiger partial charge in [0.25, 0.3) is 0 Å². The van der Waals surface area contributed by atoms with Crippen molar-refractivity contribution in [3.8, 4) is 5.75 Å². The zero-order valence-corrected chi connectivity index (χ0v) is 10.5. The van der Waals surface area contributed by atoms with Gasteiger partial charge >= 0.3 is 5.97 Å². The van der Waals surface area contributed by atoms with Gasteiger partial charge in [0.1, 0.15) is 5.75 Å². The number of hydrogen-bond donors (Lipinski definition) is 0. The standard InChI is InChI=1S/C15H19O2/c1-5-7-13-8-14(11(3)6-2)10-15(9-13)17-12(4)16/h6,8-11H,2-3,5,7H2,1,4H3. The molecule has 1 unspecified atom stereocenters. The van der Waals surface area contributed by atoms with Crippen molar-refractivity contribution >= 4 is 5.97 Å². The molecule has 91 valence electrons. The maximum atomic E-state index is 11.0. The molecule has 17 heavy (non-hydrogen) atoms. The van der Waals surface area contributed by atoms with Gasteiger partial charge in [-0.25, -0.2) is 0 Å². The molecule has 0 aromatic heterocycles. The molecule has 0 aliphatic heterocycles. The third-order valence-corrected chi connectivity index (χ3v) is 2.50. The van der Waals surface area contributed by atoms with Crippen molar-refractivity contribution in [1.29, 1.82) is 0 Å². The van der Waals surface area contributed by atoms with Gasteiger partial charge in [0.05, 0.1) is 0 Å². The largest absolute Gasteiger partial charge is 0.427 e. The molecule has 0 heterocycles. The Hall–Kier alpha value is -1.57. The summed E-state index contributed by atoms with van der Waals surface area (Å²) in [5, 5.41) is 0. The lowest BCUT2D eigenvalue weighted by Gasteiger charge is -2.11. The Morgan fingerprint density at radius 1 is 1.47 bits per heavy atom. The van der Waals surface area contributed by atoms with Crippen molar-refractivity contribution in [2.75, 3.05) is 0 Å². The molecule has 0 N–H and O–H groups in total. The molecule has 2 nitrogen and oxygen atoms in total. The van der Waals surface area contributed by atoms with Crippen molar-refractivity contribution < 1.29 is 9.53 Å². The van der Waals surface area contributed by atoms with E-state index in [-0.39, 0.29) is 11.9 Å². The number of rotatable bonds is 5. The van der Waals surface area contributed by atoms with Crippen LogP contribution in [-0.2, 0) is 11.2 Å². The van der Waals surface area contributed by atoms with Crippen molar-refractivity contribution in [3.63, 3.8) is 0 Å². The van der Waals surface area contributed by atoms with Gasteiger partial charge in [0.2, 0.25) is 0 Å². The zero-order valence-electron chi connectivity index (χ0n) is 10.5. The molecule has 1 radical (unpaired) electrons. The van der Waals surface area contributed by atoms with Crippen LogP contribution >= 0.6 is 0 Å². The molecule has 1 atom stereocenters. The molecule has 1 aromatic rings. The van der Waals surface area contributed by atoms with Crippen molar-refractivity contribution in [2.45, 2.75) is 32.6 Å². The van der Waals surface area contributed by atoms with Gasteiger partial charge < -0.3 is 4.74 Å². The summed E-state index contributed by atoms with van der Waals surface area (Å²) in [6.07, 6.45) is 3.80. The van der Waals surface area contributed by atoms with Gasteiger partial charge in [-0.2, -0.15) is 0 Å². The van der Waals surface area contributed by atoms with E-state index in [0.717, 1.165) is 24.0 Å². The fourth-order valence-corrected chi connectivity index (χ4v) is 1.69. The van der Waals surface area contributed by atoms with E-state index < -0.39 is 0 Å². The zero-order chi connectivity index (χ0) is 12.8. The van der Waals surface area contributed by atoms with Gasteiger partial charge in [0.15, 0.2) is 0 Å². The average Bonchev–Trinajstić information content (AvgIpc) is 2.27. The topological polar surface area (TPSA) is 26.3 Å². The van der Waals surface area contributed by atoms with Crippen LogP contribution in [0.25, 0.3) is 0 Å². The molecule has 0 spiro atoms. The molecule has 0 saturated carbocycles. The highest BCUT2D eigenvalue weighted by Gasteiger charge is 2.07. The molecule has 0 aliphatic rings. The molecular weight excluding hydrogens is 212 g/mol. The third kappa shape index (κ3) is 4.06. The number of hydrogen-bond acceptors (Lipinski definition) is 2. The quantitative estimate of drug-likeness (QED) is 0.439. The molecule has 2 heteroatoms. The Morgan fingerprint density at radius 3 is 2.71 bits per heavy atom. The van der Waals surface area contributed by atoms with Gasteiger partial charge in [-0.05, 0) is 36.6 Å². The Balaban J connectivity index is 3.08. The number of carbonyl (C=O) groups excluding carboxylic acids is 1. The van der Waals surface area contributed by atoms with Crippen LogP contribution in [0.1, 0.15) is 37.3 Å². The first-order chi connectivity index (χ1) is 8.06. The second kappa shape index (κ2) is 6.24. The predicted molar refractivity (Wildman–Crippen MR) is 70.0 cm³/mol. The van der Waals surface area contributed by atoms with Crippen LogP contribution in [0.15, 0.2) is 30.9 Å². The fraction of sp³-hybridized carbons (Fsp3) is 0.333. The van der Waals surface area contributed by atoms with Crippen LogP contribution in [0, 0.1) is 6.92 Å². The highest BCUT2D eigenvalue weighted by Crippen LogP contribution is 2.24. The maximum absolute atomic E-state index is 11.0. The second-order valence-electron chi connectivity index (χ2n) is 4.10. The van der Waals surface area contributed by atoms with E-state index in [1.165, 1.54) is 6.92 Å². The molecule has 0 amide bonds. The van der Waals surface area contributed by atoms with Gasteiger partial charge in [-0.3, -0.25) is 4.79 Å². The summed E-state index contributed by atoms with van der Waals surface area (Å²) in [5.41, 5.74) is 2.19. The van der Waals surface area contributed by atoms with Crippen molar-refractivity contribution in [3.05, 3.63) is 48.9 Å². The lowest BCUT2D eigenvalue weighted by Crippen LogP contribution is -2.03. The molecule has 0 saturated heterocycles. The van der Waals surface area contributed by atoms with E-state index >= 15 is 0 Å². The van der Waals surface area contributed by atoms with E-state index in [2.05, 4.69) is 26.5 Å². The van der Waals surface area contributed by atoms with E-state index in [9.17, 15) is 4.79 Å². The van der Waals surface area contributed by atoms with Crippen LogP contribution in [0.5, 0.6) is 5.75 Å². The smallest absolute Gasteiger partial charge is 0.308 e. The number of allylic oxidation sites excluding steroid dienone is 1. The molecule has 0 bridgehead atoms. The Labute approximate surface area is 103 Å². The highest BCUT2D eigenvalue weighted by atomic mass is 16.5. The summed E-state index contributed by atoms with van der Waals surface area (Å²) in [5.74, 6) is 0.305. The lowest BCUT2D eigenvalue weighted by atomic mass is 9.97. The van der Waals surface area contributed by atoms with E-state index in [0.29, 0.717) is 5.75 Å². The van der Waals surface area contributed by atoms with E-state index in [4.69, 9.17) is 4.74 Å². The Morgan fingerprint density at radius 2 is 2.18 bits per heavy atom. The lowest BCUT2D eigenvalue weighted by molar-refractivity contribution is -0.131. The summed E-state index contributed by atoms with van der Waals surface area (Å²) in [6, 6.07) is 5.85. The molecule has 0 fully saturated rings. The number of benzene rings is 1. The first-order valence-corrected chi connectivity index (χ1v) is 5.84. The molecular formula is C15H19O2. The van der Waals surface area contributed by atoms with Crippen LogP contribution in [-0.4, -0.2) is 5.97 Å². The van der Waals surface area contributed by atoms with E-state index in [1.54, 1.807) is 6.08 Å². The normalized spacial score (nSPS) is 11.9. The number of carbonyl (C=O) groups is 1. The van der Waals surface area contributed by atoms with Crippen LogP contribution in [0.4, 0.5) is 0 Å². The summed E-state index contributed by atoms with van der Waals surface area (Å²) < 4.78 is 5.14. The fourth-order valence-electron chi connectivity index (χ4n) is 1.69. The second-order valence-corrected chi connectivity index (χ2v) is 4.10. The van der Waals surface area contributed by atoms with Gasteiger partial charge in [-0.1, -0.05) is 25.5 Å². The highest BCUT2D eigenvalue weighted by molar-refractivity contribution is 5.69. The Bertz CT molecular complexity index is 407. The minimum absolute atomic E-state index is 0.0149. The predicted octanol–water partition coefficient (Wildman–Crippen LogP) is 3.67. The number of esters is 1. The monoisotopic (exact) mass is 231 g/mol. The van der Waals surface area contributed by atoms with Crippen molar-refractivity contribution in [1.82, 2.24) is 0 Å². The first-order valence-electron chi connectivity index (χ1n) is 5.84. The molecule has 1 rings (SSSR count).